The molecule has 33 heavy (non-hydrogen) atoms. The smallest absolute Gasteiger partial charge is 0.209 e. The minimum absolute atomic E-state index is 0.582. The van der Waals surface area contributed by atoms with E-state index in [-0.39, 0.29) is 0 Å². The molecule has 0 saturated carbocycles. The van der Waals surface area contributed by atoms with Crippen LogP contribution in [0.2, 0.25) is 0 Å². The van der Waals surface area contributed by atoms with Crippen LogP contribution in [0, 0.1) is 11.3 Å². The van der Waals surface area contributed by atoms with Gasteiger partial charge in [0.2, 0.25) is 5.95 Å². The number of aryl methyl sites for hydroxylation is 1. The number of rotatable bonds is 7. The summed E-state index contributed by atoms with van der Waals surface area (Å²) in [5.74, 6) is 0.768. The van der Waals surface area contributed by atoms with Crippen molar-refractivity contribution in [2.24, 2.45) is 0 Å². The van der Waals surface area contributed by atoms with E-state index in [1.54, 1.807) is 18.5 Å². The van der Waals surface area contributed by atoms with Gasteiger partial charge in [-0.3, -0.25) is 9.38 Å². The van der Waals surface area contributed by atoms with Gasteiger partial charge in [-0.1, -0.05) is 12.1 Å². The van der Waals surface area contributed by atoms with Crippen LogP contribution < -0.4 is 10.2 Å². The van der Waals surface area contributed by atoms with Crippen molar-refractivity contribution in [1.29, 1.82) is 5.26 Å². The average molecular weight is 440 g/mol. The van der Waals surface area contributed by atoms with Crippen molar-refractivity contribution in [3.63, 3.8) is 0 Å². The Hall–Kier alpha value is -3.96. The normalized spacial score (nSPS) is 13.7. The molecule has 0 spiro atoms. The first-order valence-corrected chi connectivity index (χ1v) is 11.2. The molecule has 1 aliphatic rings. The van der Waals surface area contributed by atoms with Gasteiger partial charge in [0, 0.05) is 61.2 Å². The Morgan fingerprint density at radius 3 is 2.82 bits per heavy atom. The van der Waals surface area contributed by atoms with E-state index in [2.05, 4.69) is 50.5 Å². The van der Waals surface area contributed by atoms with Gasteiger partial charge in [-0.05, 0) is 37.1 Å². The lowest BCUT2D eigenvalue weighted by Crippen LogP contribution is -2.36. The molecule has 8 heteroatoms. The van der Waals surface area contributed by atoms with Crippen molar-refractivity contribution in [1.82, 2.24) is 19.4 Å². The quantitative estimate of drug-likeness (QED) is 0.440. The molecule has 1 fully saturated rings. The second-order valence-corrected chi connectivity index (χ2v) is 7.95. The van der Waals surface area contributed by atoms with E-state index < -0.39 is 0 Å². The highest BCUT2D eigenvalue weighted by Gasteiger charge is 2.13. The minimum atomic E-state index is 0.582. The molecule has 3 aromatic heterocycles. The number of morpholine rings is 1. The molecular weight excluding hydrogens is 414 g/mol. The van der Waals surface area contributed by atoms with Crippen molar-refractivity contribution in [3.05, 3.63) is 72.3 Å². The van der Waals surface area contributed by atoms with E-state index >= 15 is 0 Å². The SMILES string of the molecule is N#Cc1ccc(CCCNc2nc(-c3cccc(N4CCOCC4)c3)cc3nccn23)nc1. The number of fused-ring (bicyclic) bond motifs is 1. The number of imidazole rings is 1. The Kier molecular flexibility index (Phi) is 6.13. The number of hydrogen-bond donors (Lipinski definition) is 1. The second kappa shape index (κ2) is 9.67. The highest BCUT2D eigenvalue weighted by molar-refractivity contribution is 5.70. The first-order valence-electron chi connectivity index (χ1n) is 11.2. The van der Waals surface area contributed by atoms with Gasteiger partial charge in [0.05, 0.1) is 24.5 Å². The van der Waals surface area contributed by atoms with Crippen molar-refractivity contribution in [2.75, 3.05) is 43.1 Å². The van der Waals surface area contributed by atoms with Gasteiger partial charge in [0.25, 0.3) is 0 Å². The molecule has 1 saturated heterocycles. The van der Waals surface area contributed by atoms with Gasteiger partial charge in [-0.25, -0.2) is 9.97 Å². The van der Waals surface area contributed by atoms with Crippen LogP contribution in [0.5, 0.6) is 0 Å². The summed E-state index contributed by atoms with van der Waals surface area (Å²) in [4.78, 5) is 16.1. The summed E-state index contributed by atoms with van der Waals surface area (Å²) in [6, 6.07) is 16.3. The van der Waals surface area contributed by atoms with E-state index in [9.17, 15) is 0 Å². The molecule has 8 nitrogen and oxygen atoms in total. The molecule has 1 N–H and O–H groups in total. The topological polar surface area (TPSA) is 91.4 Å². The monoisotopic (exact) mass is 439 g/mol. The van der Waals surface area contributed by atoms with Crippen LogP contribution in [0.15, 0.2) is 61.1 Å². The van der Waals surface area contributed by atoms with Crippen molar-refractivity contribution >= 4 is 17.3 Å². The highest BCUT2D eigenvalue weighted by Crippen LogP contribution is 2.26. The Balaban J connectivity index is 1.31. The van der Waals surface area contributed by atoms with E-state index in [1.807, 2.05) is 22.7 Å². The Labute approximate surface area is 192 Å². The summed E-state index contributed by atoms with van der Waals surface area (Å²) < 4.78 is 7.45. The predicted molar refractivity (Wildman–Crippen MR) is 127 cm³/mol. The van der Waals surface area contributed by atoms with Crippen LogP contribution >= 0.6 is 0 Å². The van der Waals surface area contributed by atoms with Crippen LogP contribution in [0.4, 0.5) is 11.6 Å². The standard InChI is InChI=1S/C25H25N7O/c26-17-19-6-7-21(29-18-19)4-2-8-28-25-30-23(16-24-27-9-10-32(24)25)20-3-1-5-22(15-20)31-11-13-33-14-12-31/h1,3,5-7,9-10,15-16,18H,2,4,8,11-14H2,(H,28,30). The van der Waals surface area contributed by atoms with Gasteiger partial charge in [-0.15, -0.1) is 0 Å². The van der Waals surface area contributed by atoms with E-state index in [0.717, 1.165) is 74.2 Å². The zero-order chi connectivity index (χ0) is 22.5. The van der Waals surface area contributed by atoms with Gasteiger partial charge in [0.1, 0.15) is 11.7 Å². The third-order valence-corrected chi connectivity index (χ3v) is 5.75. The summed E-state index contributed by atoms with van der Waals surface area (Å²) >= 11 is 0. The molecule has 5 rings (SSSR count). The maximum atomic E-state index is 8.90. The zero-order valence-electron chi connectivity index (χ0n) is 18.3. The van der Waals surface area contributed by atoms with E-state index in [4.69, 9.17) is 15.0 Å². The lowest BCUT2D eigenvalue weighted by atomic mass is 10.1. The predicted octanol–water partition coefficient (Wildman–Crippen LogP) is 3.54. The van der Waals surface area contributed by atoms with Gasteiger partial charge in [0.15, 0.2) is 0 Å². The Bertz CT molecular complexity index is 1270. The summed E-state index contributed by atoms with van der Waals surface area (Å²) in [5.41, 5.74) is 5.55. The fraction of sp³-hybridized carbons (Fsp3) is 0.280. The summed E-state index contributed by atoms with van der Waals surface area (Å²) in [7, 11) is 0. The first kappa shape index (κ1) is 20.9. The van der Waals surface area contributed by atoms with Gasteiger partial charge >= 0.3 is 0 Å². The number of nitriles is 1. The molecule has 1 aromatic carbocycles. The van der Waals surface area contributed by atoms with Gasteiger partial charge in [-0.2, -0.15) is 5.26 Å². The van der Waals surface area contributed by atoms with Crippen molar-refractivity contribution in [3.8, 4) is 17.3 Å². The molecule has 1 aliphatic heterocycles. The number of nitrogens with zero attached hydrogens (tertiary/aromatic N) is 6. The summed E-state index contributed by atoms with van der Waals surface area (Å²) in [5, 5.41) is 12.4. The highest BCUT2D eigenvalue weighted by atomic mass is 16.5. The average Bonchev–Trinajstić information content (AvgIpc) is 3.36. The Morgan fingerprint density at radius 1 is 1.09 bits per heavy atom. The molecule has 0 radical (unpaired) electrons. The molecule has 0 aliphatic carbocycles. The number of pyridine rings is 1. The molecule has 0 amide bonds. The Morgan fingerprint density at radius 2 is 2.00 bits per heavy atom. The molecule has 4 heterocycles. The molecule has 0 bridgehead atoms. The third kappa shape index (κ3) is 4.78. The lowest BCUT2D eigenvalue weighted by molar-refractivity contribution is 0.122. The number of anilines is 2. The second-order valence-electron chi connectivity index (χ2n) is 7.95. The fourth-order valence-corrected chi connectivity index (χ4v) is 3.99. The number of nitrogens with one attached hydrogen (secondary N) is 1. The van der Waals surface area contributed by atoms with Crippen LogP contribution in [0.3, 0.4) is 0 Å². The fourth-order valence-electron chi connectivity index (χ4n) is 3.99. The molecular formula is C25H25N7O. The molecule has 0 atom stereocenters. The van der Waals surface area contributed by atoms with Crippen molar-refractivity contribution in [2.45, 2.75) is 12.8 Å². The summed E-state index contributed by atoms with van der Waals surface area (Å²) in [6.45, 7) is 4.07. The first-order chi connectivity index (χ1) is 16.3. The molecule has 0 unspecified atom stereocenters. The maximum Gasteiger partial charge on any atom is 0.209 e. The van der Waals surface area contributed by atoms with Crippen LogP contribution in [0.1, 0.15) is 17.7 Å². The van der Waals surface area contributed by atoms with Gasteiger partial charge < -0.3 is 15.0 Å². The summed E-state index contributed by atoms with van der Waals surface area (Å²) in [6.07, 6.45) is 7.05. The number of hydrogen-bond acceptors (Lipinski definition) is 7. The zero-order valence-corrected chi connectivity index (χ0v) is 18.3. The number of aromatic nitrogens is 4. The molecule has 4 aromatic rings. The number of ether oxygens (including phenoxy) is 1. The molecule has 166 valence electrons. The van der Waals surface area contributed by atoms with Crippen LogP contribution in [-0.2, 0) is 11.2 Å². The van der Waals surface area contributed by atoms with E-state index in [0.29, 0.717) is 5.56 Å². The number of benzene rings is 1. The minimum Gasteiger partial charge on any atom is -0.378 e. The largest absolute Gasteiger partial charge is 0.378 e. The third-order valence-electron chi connectivity index (χ3n) is 5.75. The van der Waals surface area contributed by atoms with E-state index in [1.165, 1.54) is 5.69 Å². The van der Waals surface area contributed by atoms with Crippen LogP contribution in [-0.4, -0.2) is 52.2 Å². The lowest BCUT2D eigenvalue weighted by Gasteiger charge is -2.29. The maximum absolute atomic E-state index is 8.90. The van der Waals surface area contributed by atoms with Crippen molar-refractivity contribution < 1.29 is 4.74 Å². The van der Waals surface area contributed by atoms with Crippen LogP contribution in [0.25, 0.3) is 16.9 Å².